The molecule has 0 amide bonds. The lowest BCUT2D eigenvalue weighted by Gasteiger charge is -2.45. The maximum Gasteiger partial charge on any atom is 0.312 e. The molecule has 0 aliphatic carbocycles. The molecule has 0 unspecified atom stereocenters. The lowest BCUT2D eigenvalue weighted by Crippen LogP contribution is -2.57. The van der Waals surface area contributed by atoms with Gasteiger partial charge in [-0.3, -0.25) is 9.79 Å². The normalized spacial score (nSPS) is 31.4. The van der Waals surface area contributed by atoms with Gasteiger partial charge in [-0.05, 0) is 68.6 Å². The summed E-state index contributed by atoms with van der Waals surface area (Å²) in [6, 6.07) is 2.55. The van der Waals surface area contributed by atoms with Gasteiger partial charge in [-0.2, -0.15) is 0 Å². The van der Waals surface area contributed by atoms with E-state index in [0.29, 0.717) is 24.0 Å². The number of nitrogens with zero attached hydrogens (tertiary/aromatic N) is 3. The first-order valence-electron chi connectivity index (χ1n) is 9.74. The molecule has 30 heavy (non-hydrogen) atoms. The molecule has 0 N–H and O–H groups in total. The molecular formula is C20H26BrF2N3O3S. The number of rotatable bonds is 4. The average Bonchev–Trinajstić information content (AvgIpc) is 2.63. The van der Waals surface area contributed by atoms with Crippen LogP contribution in [0.3, 0.4) is 0 Å². The molecule has 3 heterocycles. The van der Waals surface area contributed by atoms with Crippen LogP contribution in [-0.4, -0.2) is 50.2 Å². The standard InChI is InChI=1S/C20H26BrF2N3O3S/c1-18(2,3)29-16(27)10-14-19(4)8-5-9-24-30(19,28)12-20(11-22,26-14)17-13(23)6-7-15(21)25-17/h6-7H,5,8-12H2,1-4H3/t19-,20+,30-/m1/s1. The number of hydrogen-bond donors (Lipinski definition) is 0. The predicted molar refractivity (Wildman–Crippen MR) is 115 cm³/mol. The molecule has 0 saturated heterocycles. The van der Waals surface area contributed by atoms with Crippen molar-refractivity contribution >= 4 is 37.3 Å². The number of hydrogen-bond acceptors (Lipinski definition) is 6. The molecule has 0 saturated carbocycles. The summed E-state index contributed by atoms with van der Waals surface area (Å²) < 4.78 is 52.3. The fraction of sp³-hybridized carbons (Fsp3) is 0.650. The SMILES string of the molecule is CC(C)(C)OC(=O)CC1=N[C@](CF)(c2nc(Br)ccc2F)C[S@]2(=O)=NCCC[C@]12C. The van der Waals surface area contributed by atoms with Gasteiger partial charge < -0.3 is 4.74 Å². The van der Waals surface area contributed by atoms with Gasteiger partial charge >= 0.3 is 5.97 Å². The maximum atomic E-state index is 14.7. The highest BCUT2D eigenvalue weighted by Gasteiger charge is 2.54. The monoisotopic (exact) mass is 505 g/mol. The van der Waals surface area contributed by atoms with Crippen LogP contribution in [0.2, 0.25) is 0 Å². The molecule has 0 fully saturated rings. The van der Waals surface area contributed by atoms with Crippen LogP contribution in [0.5, 0.6) is 0 Å². The molecule has 6 nitrogen and oxygen atoms in total. The Morgan fingerprint density at radius 2 is 2.07 bits per heavy atom. The van der Waals surface area contributed by atoms with Gasteiger partial charge in [0.25, 0.3) is 0 Å². The van der Waals surface area contributed by atoms with Crippen molar-refractivity contribution in [1.29, 1.82) is 0 Å². The lowest BCUT2D eigenvalue weighted by atomic mass is 9.91. The largest absolute Gasteiger partial charge is 0.460 e. The minimum atomic E-state index is -3.04. The number of pyridine rings is 1. The van der Waals surface area contributed by atoms with E-state index < -0.39 is 44.1 Å². The molecule has 10 heteroatoms. The second kappa shape index (κ2) is 7.93. The first-order chi connectivity index (χ1) is 13.8. The Balaban J connectivity index is 2.20. The molecule has 1 aromatic heterocycles. The Morgan fingerprint density at radius 1 is 1.37 bits per heavy atom. The number of aliphatic imine (C=N–C) groups is 1. The Hall–Kier alpha value is -1.42. The zero-order valence-electron chi connectivity index (χ0n) is 17.5. The third kappa shape index (κ3) is 4.17. The summed E-state index contributed by atoms with van der Waals surface area (Å²) in [6.45, 7) is 6.20. The van der Waals surface area contributed by atoms with E-state index in [1.807, 2.05) is 0 Å². The highest BCUT2D eigenvalue weighted by atomic mass is 79.9. The summed E-state index contributed by atoms with van der Waals surface area (Å²) >= 11 is 3.18. The number of fused-ring (bicyclic) bond motifs is 1. The van der Waals surface area contributed by atoms with Crippen LogP contribution in [0.15, 0.2) is 26.1 Å². The van der Waals surface area contributed by atoms with Crippen molar-refractivity contribution in [2.75, 3.05) is 19.0 Å². The second-order valence-corrected chi connectivity index (χ2v) is 12.5. The molecule has 1 aromatic rings. The molecule has 166 valence electrons. The fourth-order valence-electron chi connectivity index (χ4n) is 3.93. The zero-order valence-corrected chi connectivity index (χ0v) is 19.9. The van der Waals surface area contributed by atoms with Crippen molar-refractivity contribution in [3.8, 4) is 0 Å². The molecule has 0 bridgehead atoms. The van der Waals surface area contributed by atoms with Crippen molar-refractivity contribution < 1.29 is 22.5 Å². The Morgan fingerprint density at radius 3 is 2.70 bits per heavy atom. The van der Waals surface area contributed by atoms with E-state index in [9.17, 15) is 17.8 Å². The summed E-state index contributed by atoms with van der Waals surface area (Å²) in [5, 5.41) is 0. The number of esters is 1. The zero-order chi connectivity index (χ0) is 22.4. The summed E-state index contributed by atoms with van der Waals surface area (Å²) in [4.78, 5) is 21.3. The van der Waals surface area contributed by atoms with Gasteiger partial charge in [-0.15, -0.1) is 0 Å². The van der Waals surface area contributed by atoms with Crippen LogP contribution in [0.25, 0.3) is 0 Å². The van der Waals surface area contributed by atoms with Crippen molar-refractivity contribution in [3.05, 3.63) is 28.2 Å². The van der Waals surface area contributed by atoms with E-state index in [1.54, 1.807) is 27.7 Å². The van der Waals surface area contributed by atoms with Gasteiger partial charge in [0.1, 0.15) is 33.9 Å². The number of carbonyl (C=O) groups is 1. The third-order valence-corrected chi connectivity index (χ3v) is 9.17. The minimum Gasteiger partial charge on any atom is -0.460 e. The van der Waals surface area contributed by atoms with Crippen molar-refractivity contribution in [2.45, 2.75) is 62.8 Å². The third-order valence-electron chi connectivity index (χ3n) is 5.42. The van der Waals surface area contributed by atoms with Gasteiger partial charge in [-0.25, -0.2) is 22.3 Å². The van der Waals surface area contributed by atoms with Crippen LogP contribution < -0.4 is 0 Å². The van der Waals surface area contributed by atoms with E-state index in [2.05, 4.69) is 30.3 Å². The number of carbonyl (C=O) groups excluding carboxylic acids is 1. The molecule has 0 aromatic carbocycles. The van der Waals surface area contributed by atoms with E-state index in [1.165, 1.54) is 6.07 Å². The second-order valence-electron chi connectivity index (χ2n) is 8.92. The number of halogens is 3. The highest BCUT2D eigenvalue weighted by Crippen LogP contribution is 2.44. The first-order valence-corrected chi connectivity index (χ1v) is 12.2. The Kier molecular flexibility index (Phi) is 6.14. The van der Waals surface area contributed by atoms with Gasteiger partial charge in [0, 0.05) is 12.3 Å². The number of ether oxygens (including phenoxy) is 1. The van der Waals surface area contributed by atoms with E-state index >= 15 is 0 Å². The summed E-state index contributed by atoms with van der Waals surface area (Å²) in [5.41, 5.74) is -2.55. The maximum absolute atomic E-state index is 14.7. The number of alkyl halides is 1. The van der Waals surface area contributed by atoms with Crippen LogP contribution in [0.1, 0.15) is 52.7 Å². The van der Waals surface area contributed by atoms with Crippen LogP contribution in [0.4, 0.5) is 8.78 Å². The van der Waals surface area contributed by atoms with Crippen molar-refractivity contribution in [3.63, 3.8) is 0 Å². The summed E-state index contributed by atoms with van der Waals surface area (Å²) in [7, 11) is -3.04. The smallest absolute Gasteiger partial charge is 0.312 e. The quantitative estimate of drug-likeness (QED) is 0.449. The molecule has 0 spiro atoms. The van der Waals surface area contributed by atoms with Gasteiger partial charge in [-0.1, -0.05) is 0 Å². The average molecular weight is 506 g/mol. The van der Waals surface area contributed by atoms with Gasteiger partial charge in [0.2, 0.25) is 0 Å². The van der Waals surface area contributed by atoms with Crippen molar-refractivity contribution in [1.82, 2.24) is 4.98 Å². The fourth-order valence-corrected chi connectivity index (χ4v) is 7.24. The van der Waals surface area contributed by atoms with E-state index in [4.69, 9.17) is 4.74 Å². The molecule has 3 atom stereocenters. The van der Waals surface area contributed by atoms with E-state index in [0.717, 1.165) is 6.07 Å². The minimum absolute atomic E-state index is 0.232. The highest BCUT2D eigenvalue weighted by molar-refractivity contribution is 9.10. The van der Waals surface area contributed by atoms with Crippen LogP contribution >= 0.6 is 15.9 Å². The number of aromatic nitrogens is 1. The van der Waals surface area contributed by atoms with E-state index in [-0.39, 0.29) is 23.6 Å². The van der Waals surface area contributed by atoms with Gasteiger partial charge in [0.15, 0.2) is 0 Å². The van der Waals surface area contributed by atoms with Crippen molar-refractivity contribution in [2.24, 2.45) is 9.36 Å². The first kappa shape index (κ1) is 23.2. The molecule has 3 rings (SSSR count). The molecule has 2 aliphatic heterocycles. The topological polar surface area (TPSA) is 81.0 Å². The summed E-state index contributed by atoms with van der Waals surface area (Å²) in [5.74, 6) is -1.60. The van der Waals surface area contributed by atoms with Crippen LogP contribution in [-0.2, 0) is 24.8 Å². The molecule has 0 radical (unpaired) electrons. The Bertz CT molecular complexity index is 1020. The van der Waals surface area contributed by atoms with Gasteiger partial charge in [0.05, 0.1) is 26.6 Å². The molecular weight excluding hydrogens is 480 g/mol. The summed E-state index contributed by atoms with van der Waals surface area (Å²) in [6.07, 6.45) is 0.901. The Labute approximate surface area is 184 Å². The lowest BCUT2D eigenvalue weighted by molar-refractivity contribution is -0.153. The van der Waals surface area contributed by atoms with Crippen LogP contribution in [0, 0.1) is 5.82 Å². The predicted octanol–water partition coefficient (Wildman–Crippen LogP) is 4.35. The molecule has 2 aliphatic rings.